The second kappa shape index (κ2) is 16.1. The number of aromatic amines is 2. The number of halogens is 2. The first-order valence-electron chi connectivity index (χ1n) is 21.1. The van der Waals surface area contributed by atoms with Crippen LogP contribution in [0.15, 0.2) is 60.7 Å². The molecular formula is C46H53F2N7O6Si. The van der Waals surface area contributed by atoms with Crippen molar-refractivity contribution in [3.05, 3.63) is 72.3 Å². The Bertz CT molecular complexity index is 2560. The molecule has 0 saturated carbocycles. The molecule has 4 N–H and O–H groups in total. The lowest BCUT2D eigenvalue weighted by Gasteiger charge is -2.29. The van der Waals surface area contributed by atoms with E-state index >= 15 is 8.78 Å². The number of methoxy groups -OCH3 is 2. The Balaban J connectivity index is 1.08. The molecule has 16 heteroatoms. The molecule has 2 fully saturated rings. The van der Waals surface area contributed by atoms with Gasteiger partial charge in [0.2, 0.25) is 5.91 Å². The van der Waals surface area contributed by atoms with Crippen LogP contribution in [0.25, 0.3) is 54.7 Å². The summed E-state index contributed by atoms with van der Waals surface area (Å²) >= 11 is 0. The highest BCUT2D eigenvalue weighted by Gasteiger charge is 2.51. The van der Waals surface area contributed by atoms with E-state index in [1.54, 1.807) is 13.8 Å². The van der Waals surface area contributed by atoms with Crippen molar-refractivity contribution in [3.63, 3.8) is 0 Å². The van der Waals surface area contributed by atoms with Gasteiger partial charge < -0.3 is 35.0 Å². The average Bonchev–Trinajstić information content (AvgIpc) is 4.02. The predicted molar refractivity (Wildman–Crippen MR) is 237 cm³/mol. The highest BCUT2D eigenvalue weighted by Crippen LogP contribution is 2.47. The van der Waals surface area contributed by atoms with Gasteiger partial charge in [-0.2, -0.15) is 0 Å². The largest absolute Gasteiger partial charge is 0.453 e. The van der Waals surface area contributed by atoms with Gasteiger partial charge >= 0.3 is 12.2 Å². The Kier molecular flexibility index (Phi) is 11.1. The molecule has 2 aliphatic heterocycles. The van der Waals surface area contributed by atoms with Crippen LogP contribution in [0.3, 0.4) is 0 Å². The molecule has 13 nitrogen and oxygen atoms in total. The molecular weight excluding hydrogens is 813 g/mol. The molecule has 2 saturated heterocycles. The number of imidazole rings is 2. The number of nitrogens with zero attached hydrogens (tertiary/aromatic N) is 3. The number of alkyl carbamates (subject to hydrolysis) is 2. The second-order valence-corrected chi connectivity index (χ2v) is 23.6. The molecule has 326 valence electrons. The summed E-state index contributed by atoms with van der Waals surface area (Å²) in [5.74, 6) is -3.54. The van der Waals surface area contributed by atoms with Gasteiger partial charge in [0.1, 0.15) is 17.7 Å². The van der Waals surface area contributed by atoms with Gasteiger partial charge in [0.15, 0.2) is 5.78 Å². The fraction of sp³-hybridized carbons (Fsp3) is 0.435. The third-order valence-corrected chi connectivity index (χ3v) is 15.8. The van der Waals surface area contributed by atoms with Crippen LogP contribution in [-0.2, 0) is 19.1 Å². The number of amides is 3. The molecule has 3 amide bonds. The van der Waals surface area contributed by atoms with Crippen molar-refractivity contribution >= 4 is 75.6 Å². The van der Waals surface area contributed by atoms with Crippen molar-refractivity contribution in [3.8, 4) is 11.1 Å². The third kappa shape index (κ3) is 8.00. The number of Topliss-reactive ketones (excluding diaryl/α,β-unsaturated/α-hetero) is 1. The van der Waals surface area contributed by atoms with E-state index in [4.69, 9.17) is 14.7 Å². The number of nitrogens with one attached hydrogen (secondary N) is 4. The summed E-state index contributed by atoms with van der Waals surface area (Å²) in [6.45, 7) is 11.1. The minimum absolute atomic E-state index is 0.0236. The van der Waals surface area contributed by atoms with Crippen LogP contribution in [0.2, 0.25) is 25.2 Å². The first kappa shape index (κ1) is 42.8. The quantitative estimate of drug-likeness (QED) is 0.0988. The Hall–Kier alpha value is -5.90. The number of aromatic nitrogens is 4. The lowest BCUT2D eigenvalue weighted by atomic mass is 9.84. The van der Waals surface area contributed by atoms with Crippen LogP contribution in [0.5, 0.6) is 0 Å². The van der Waals surface area contributed by atoms with E-state index in [9.17, 15) is 19.2 Å². The van der Waals surface area contributed by atoms with Crippen LogP contribution in [-0.4, -0.2) is 95.6 Å². The molecule has 0 spiro atoms. The monoisotopic (exact) mass is 865 g/mol. The SMILES string of the molecule is COC(=O)N[C@H](C(=O)C1C[Si](C)(C)CC1c1nc2c(ccc3cc(-c4ccc5c(ccc6[nH]c(C7CC(F)(F)CN7C(=O)[C@@H](NC(=O)OC)C(C)C)nc65)c4)ccc32)[nH]1)C(C)C. The molecule has 3 unspecified atom stereocenters. The normalized spacial score (nSPS) is 20.6. The Morgan fingerprint density at radius 2 is 1.27 bits per heavy atom. The molecule has 4 heterocycles. The number of fused-ring (bicyclic) bond motifs is 6. The Morgan fingerprint density at radius 3 is 1.81 bits per heavy atom. The van der Waals surface area contributed by atoms with Crippen LogP contribution >= 0.6 is 0 Å². The smallest absolute Gasteiger partial charge is 0.407 e. The van der Waals surface area contributed by atoms with Crippen molar-refractivity contribution in [2.45, 2.75) is 89.3 Å². The summed E-state index contributed by atoms with van der Waals surface area (Å²) < 4.78 is 39.6. The van der Waals surface area contributed by atoms with Crippen molar-refractivity contribution in [1.29, 1.82) is 0 Å². The summed E-state index contributed by atoms with van der Waals surface area (Å²) in [4.78, 5) is 69.9. The van der Waals surface area contributed by atoms with Crippen LogP contribution in [0.1, 0.15) is 57.7 Å². The van der Waals surface area contributed by atoms with Gasteiger partial charge in [-0.05, 0) is 70.1 Å². The summed E-state index contributed by atoms with van der Waals surface area (Å²) in [7, 11) is 0.740. The minimum atomic E-state index is -3.14. The maximum atomic E-state index is 15.0. The van der Waals surface area contributed by atoms with Gasteiger partial charge in [-0.1, -0.05) is 77.2 Å². The number of H-pyrrole nitrogens is 2. The zero-order valence-electron chi connectivity index (χ0n) is 36.2. The minimum Gasteiger partial charge on any atom is -0.453 e. The summed E-state index contributed by atoms with van der Waals surface area (Å²) in [6.07, 6.45) is -2.03. The van der Waals surface area contributed by atoms with E-state index in [0.29, 0.717) is 11.0 Å². The van der Waals surface area contributed by atoms with E-state index in [1.165, 1.54) is 14.2 Å². The number of likely N-dealkylation sites (tertiary alicyclic amines) is 1. The zero-order valence-corrected chi connectivity index (χ0v) is 37.2. The van der Waals surface area contributed by atoms with Gasteiger partial charge in [-0.3, -0.25) is 9.59 Å². The lowest BCUT2D eigenvalue weighted by Crippen LogP contribution is -2.51. The topological polar surface area (TPSA) is 171 Å². The summed E-state index contributed by atoms with van der Waals surface area (Å²) in [5.41, 5.74) is 4.96. The van der Waals surface area contributed by atoms with Crippen molar-refractivity contribution in [2.24, 2.45) is 17.8 Å². The van der Waals surface area contributed by atoms with Gasteiger partial charge in [-0.25, -0.2) is 28.3 Å². The molecule has 6 aromatic rings. The van der Waals surface area contributed by atoms with Crippen molar-refractivity contribution in [1.82, 2.24) is 35.5 Å². The number of hydrogen-bond acceptors (Lipinski definition) is 8. The highest BCUT2D eigenvalue weighted by atomic mass is 28.3. The van der Waals surface area contributed by atoms with E-state index < -0.39 is 63.2 Å². The Morgan fingerprint density at radius 1 is 0.758 bits per heavy atom. The molecule has 0 aliphatic carbocycles. The van der Waals surface area contributed by atoms with Gasteiger partial charge in [0.05, 0.1) is 54.9 Å². The van der Waals surface area contributed by atoms with E-state index in [-0.39, 0.29) is 35.3 Å². The molecule has 5 atom stereocenters. The van der Waals surface area contributed by atoms with E-state index in [2.05, 4.69) is 68.8 Å². The number of alkyl halides is 2. The molecule has 62 heavy (non-hydrogen) atoms. The number of hydrogen-bond donors (Lipinski definition) is 4. The zero-order chi connectivity index (χ0) is 44.4. The number of carbonyl (C=O) groups is 4. The number of carbonyl (C=O) groups excluding carboxylic acids is 4. The maximum Gasteiger partial charge on any atom is 0.407 e. The number of ketones is 1. The number of benzene rings is 4. The first-order valence-corrected chi connectivity index (χ1v) is 24.5. The van der Waals surface area contributed by atoms with Crippen LogP contribution in [0, 0.1) is 17.8 Å². The number of ether oxygens (including phenoxy) is 2. The van der Waals surface area contributed by atoms with Crippen LogP contribution in [0.4, 0.5) is 18.4 Å². The average molecular weight is 866 g/mol. The fourth-order valence-electron chi connectivity index (χ4n) is 9.63. The standard InChI is InChI=1S/C46H53F2N7O6Si/c1-23(2)36(53-44(58)60-5)40(56)31-20-62(7,8)21-32(31)41-49-33-15-11-27-17-25(9-13-29(27)38(33)51-41)26-10-14-30-28(18-26)12-16-34-39(30)52-42(50-34)35-19-46(47,48)22-55(35)43(57)37(24(3)4)54-45(59)61-6/h9-18,23-24,31-32,35-37H,19-22H2,1-8H3,(H,49,51)(H,50,52)(H,53,58)(H,54,59)/t31?,32?,35?,36-,37-/m0/s1. The van der Waals surface area contributed by atoms with Crippen LogP contribution < -0.4 is 10.6 Å². The molecule has 4 aromatic carbocycles. The predicted octanol–water partition coefficient (Wildman–Crippen LogP) is 9.07. The number of rotatable bonds is 10. The molecule has 0 radical (unpaired) electrons. The van der Waals surface area contributed by atoms with Gasteiger partial charge in [0.25, 0.3) is 5.92 Å². The van der Waals surface area contributed by atoms with E-state index in [1.807, 2.05) is 44.2 Å². The molecule has 2 aliphatic rings. The van der Waals surface area contributed by atoms with Gasteiger partial charge in [0, 0.05) is 37.1 Å². The molecule has 2 aromatic heterocycles. The van der Waals surface area contributed by atoms with Crippen molar-refractivity contribution in [2.75, 3.05) is 20.8 Å². The Labute approximate surface area is 358 Å². The van der Waals surface area contributed by atoms with Crippen molar-refractivity contribution < 1.29 is 37.4 Å². The molecule has 8 rings (SSSR count). The highest BCUT2D eigenvalue weighted by molar-refractivity contribution is 6.78. The maximum absolute atomic E-state index is 15.0. The van der Waals surface area contributed by atoms with E-state index in [0.717, 1.165) is 66.5 Å². The van der Waals surface area contributed by atoms with Gasteiger partial charge in [-0.15, -0.1) is 0 Å². The fourth-order valence-corrected chi connectivity index (χ4v) is 13.1. The summed E-state index contributed by atoms with van der Waals surface area (Å²) in [5, 5.41) is 9.00. The summed E-state index contributed by atoms with van der Waals surface area (Å²) in [6, 6.07) is 19.2. The second-order valence-electron chi connectivity index (χ2n) is 18.5. The molecule has 0 bridgehead atoms. The first-order chi connectivity index (χ1) is 29.4. The third-order valence-electron chi connectivity index (χ3n) is 12.7. The lowest BCUT2D eigenvalue weighted by molar-refractivity contribution is -0.136.